The molecule has 1 heterocycles. The molecular weight excluding hydrogens is 228 g/mol. The Morgan fingerprint density at radius 3 is 2.61 bits per heavy atom. The first-order valence-corrected chi connectivity index (χ1v) is 5.89. The van der Waals surface area contributed by atoms with Gasteiger partial charge in [-0.1, -0.05) is 30.3 Å². The van der Waals surface area contributed by atoms with Crippen molar-refractivity contribution in [1.29, 1.82) is 0 Å². The lowest BCUT2D eigenvalue weighted by Gasteiger charge is -2.01. The number of aliphatic carboxylic acids is 1. The zero-order valence-electron chi connectivity index (χ0n) is 10.6. The summed E-state index contributed by atoms with van der Waals surface area (Å²) < 4.78 is 1.96. The van der Waals surface area contributed by atoms with Crippen LogP contribution in [0.4, 0.5) is 0 Å². The predicted molar refractivity (Wildman–Crippen MR) is 69.3 cm³/mol. The van der Waals surface area contributed by atoms with Gasteiger partial charge in [-0.15, -0.1) is 0 Å². The molecule has 94 valence electrons. The highest BCUT2D eigenvalue weighted by atomic mass is 16.4. The second-order valence-corrected chi connectivity index (χ2v) is 4.28. The standard InChI is InChI=1S/C14H16N2O2/c1-10-14(11-6-4-3-5-7-11)15-12(16(10)2)8-9-13(17)18/h3-7H,8-9H2,1-2H3,(H,17,18). The van der Waals surface area contributed by atoms with Crippen molar-refractivity contribution in [2.24, 2.45) is 7.05 Å². The van der Waals surface area contributed by atoms with Crippen molar-refractivity contribution >= 4 is 5.97 Å². The molecule has 0 radical (unpaired) electrons. The van der Waals surface area contributed by atoms with E-state index in [1.165, 1.54) is 0 Å². The number of hydrogen-bond donors (Lipinski definition) is 1. The number of carbonyl (C=O) groups is 1. The molecule has 0 spiro atoms. The van der Waals surface area contributed by atoms with Crippen molar-refractivity contribution in [2.75, 3.05) is 0 Å². The average molecular weight is 244 g/mol. The lowest BCUT2D eigenvalue weighted by atomic mass is 10.1. The van der Waals surface area contributed by atoms with Gasteiger partial charge in [0, 0.05) is 24.7 Å². The van der Waals surface area contributed by atoms with E-state index in [-0.39, 0.29) is 6.42 Å². The van der Waals surface area contributed by atoms with E-state index in [4.69, 9.17) is 5.11 Å². The van der Waals surface area contributed by atoms with E-state index < -0.39 is 5.97 Å². The molecular formula is C14H16N2O2. The number of imidazole rings is 1. The second kappa shape index (κ2) is 5.04. The molecule has 4 heteroatoms. The van der Waals surface area contributed by atoms with E-state index in [2.05, 4.69) is 4.98 Å². The summed E-state index contributed by atoms with van der Waals surface area (Å²) >= 11 is 0. The molecule has 4 nitrogen and oxygen atoms in total. The SMILES string of the molecule is Cc1c(-c2ccccc2)nc(CCC(=O)O)n1C. The van der Waals surface area contributed by atoms with Crippen LogP contribution in [0.25, 0.3) is 11.3 Å². The van der Waals surface area contributed by atoms with Gasteiger partial charge in [-0.3, -0.25) is 4.79 Å². The molecule has 0 saturated carbocycles. The first kappa shape index (κ1) is 12.4. The quantitative estimate of drug-likeness (QED) is 0.898. The number of nitrogens with zero attached hydrogens (tertiary/aromatic N) is 2. The number of carboxylic acids is 1. The molecule has 0 aliphatic heterocycles. The van der Waals surface area contributed by atoms with E-state index in [0.29, 0.717) is 6.42 Å². The normalized spacial score (nSPS) is 10.6. The maximum atomic E-state index is 10.6. The van der Waals surface area contributed by atoms with E-state index in [1.807, 2.05) is 48.9 Å². The molecule has 1 aromatic heterocycles. The monoisotopic (exact) mass is 244 g/mol. The minimum absolute atomic E-state index is 0.110. The van der Waals surface area contributed by atoms with Crippen molar-refractivity contribution in [3.63, 3.8) is 0 Å². The van der Waals surface area contributed by atoms with Crippen LogP contribution < -0.4 is 0 Å². The first-order chi connectivity index (χ1) is 8.59. The van der Waals surface area contributed by atoms with Gasteiger partial charge in [0.1, 0.15) is 5.82 Å². The Bertz CT molecular complexity index is 559. The third-order valence-electron chi connectivity index (χ3n) is 3.08. The van der Waals surface area contributed by atoms with Gasteiger partial charge in [0.05, 0.1) is 12.1 Å². The number of carboxylic acid groups (broad SMARTS) is 1. The van der Waals surface area contributed by atoms with Gasteiger partial charge in [0.2, 0.25) is 0 Å². The number of aromatic nitrogens is 2. The van der Waals surface area contributed by atoms with Crippen LogP contribution in [0.15, 0.2) is 30.3 Å². The largest absolute Gasteiger partial charge is 0.481 e. The van der Waals surface area contributed by atoms with Gasteiger partial charge in [-0.05, 0) is 6.92 Å². The minimum atomic E-state index is -0.795. The smallest absolute Gasteiger partial charge is 0.303 e. The number of hydrogen-bond acceptors (Lipinski definition) is 2. The predicted octanol–water partition coefficient (Wildman–Crippen LogP) is 2.41. The van der Waals surface area contributed by atoms with Gasteiger partial charge in [-0.2, -0.15) is 0 Å². The van der Waals surface area contributed by atoms with Crippen molar-refractivity contribution in [3.8, 4) is 11.3 Å². The summed E-state index contributed by atoms with van der Waals surface area (Å²) in [4.78, 5) is 15.2. The molecule has 0 bridgehead atoms. The molecule has 0 unspecified atom stereocenters. The third kappa shape index (κ3) is 2.42. The molecule has 2 aromatic rings. The molecule has 2 rings (SSSR count). The Balaban J connectivity index is 2.33. The second-order valence-electron chi connectivity index (χ2n) is 4.28. The fraction of sp³-hybridized carbons (Fsp3) is 0.286. The van der Waals surface area contributed by atoms with E-state index in [9.17, 15) is 4.79 Å². The Hall–Kier alpha value is -2.10. The summed E-state index contributed by atoms with van der Waals surface area (Å²) in [6, 6.07) is 9.93. The molecule has 0 fully saturated rings. The average Bonchev–Trinajstić information content (AvgIpc) is 2.65. The number of aryl methyl sites for hydroxylation is 1. The molecule has 0 amide bonds. The van der Waals surface area contributed by atoms with E-state index in [1.54, 1.807) is 0 Å². The fourth-order valence-electron chi connectivity index (χ4n) is 1.95. The molecule has 0 aliphatic rings. The first-order valence-electron chi connectivity index (χ1n) is 5.89. The van der Waals surface area contributed by atoms with Crippen LogP contribution in [0.3, 0.4) is 0 Å². The van der Waals surface area contributed by atoms with Crippen LogP contribution in [-0.4, -0.2) is 20.6 Å². The maximum absolute atomic E-state index is 10.6. The van der Waals surface area contributed by atoms with E-state index >= 15 is 0 Å². The Kier molecular flexibility index (Phi) is 3.46. The highest BCUT2D eigenvalue weighted by Gasteiger charge is 2.13. The van der Waals surface area contributed by atoms with Gasteiger partial charge in [-0.25, -0.2) is 4.98 Å². The van der Waals surface area contributed by atoms with Crippen LogP contribution >= 0.6 is 0 Å². The topological polar surface area (TPSA) is 55.1 Å². The maximum Gasteiger partial charge on any atom is 0.303 e. The highest BCUT2D eigenvalue weighted by Crippen LogP contribution is 2.23. The molecule has 0 aliphatic carbocycles. The zero-order valence-corrected chi connectivity index (χ0v) is 10.6. The van der Waals surface area contributed by atoms with Crippen LogP contribution in [0.1, 0.15) is 17.9 Å². The van der Waals surface area contributed by atoms with Gasteiger partial charge < -0.3 is 9.67 Å². The lowest BCUT2D eigenvalue weighted by molar-refractivity contribution is -0.137. The fourth-order valence-corrected chi connectivity index (χ4v) is 1.95. The molecule has 0 atom stereocenters. The van der Waals surface area contributed by atoms with Crippen LogP contribution in [-0.2, 0) is 18.3 Å². The summed E-state index contributed by atoms with van der Waals surface area (Å²) in [6.07, 6.45) is 0.567. The summed E-state index contributed by atoms with van der Waals surface area (Å²) in [7, 11) is 1.92. The lowest BCUT2D eigenvalue weighted by Crippen LogP contribution is -2.03. The molecule has 1 N–H and O–H groups in total. The molecule has 0 saturated heterocycles. The van der Waals surface area contributed by atoms with E-state index in [0.717, 1.165) is 22.8 Å². The summed E-state index contributed by atoms with van der Waals surface area (Å²) in [5.41, 5.74) is 3.05. The highest BCUT2D eigenvalue weighted by molar-refractivity contribution is 5.67. The third-order valence-corrected chi connectivity index (χ3v) is 3.08. The van der Waals surface area contributed by atoms with Crippen molar-refractivity contribution < 1.29 is 9.90 Å². The van der Waals surface area contributed by atoms with Crippen LogP contribution in [0, 0.1) is 6.92 Å². The molecule has 18 heavy (non-hydrogen) atoms. The summed E-state index contributed by atoms with van der Waals surface area (Å²) in [5.74, 6) is 0.0191. The van der Waals surface area contributed by atoms with Crippen LogP contribution in [0.2, 0.25) is 0 Å². The minimum Gasteiger partial charge on any atom is -0.481 e. The van der Waals surface area contributed by atoms with Gasteiger partial charge >= 0.3 is 5.97 Å². The Morgan fingerprint density at radius 2 is 2.00 bits per heavy atom. The Morgan fingerprint density at radius 1 is 1.33 bits per heavy atom. The van der Waals surface area contributed by atoms with Crippen LogP contribution in [0.5, 0.6) is 0 Å². The number of benzene rings is 1. The summed E-state index contributed by atoms with van der Waals surface area (Å²) in [6.45, 7) is 2.00. The van der Waals surface area contributed by atoms with Gasteiger partial charge in [0.25, 0.3) is 0 Å². The van der Waals surface area contributed by atoms with Crippen molar-refractivity contribution in [3.05, 3.63) is 41.9 Å². The Labute approximate surface area is 106 Å². The summed E-state index contributed by atoms with van der Waals surface area (Å²) in [5, 5.41) is 8.72. The van der Waals surface area contributed by atoms with Crippen molar-refractivity contribution in [1.82, 2.24) is 9.55 Å². The zero-order chi connectivity index (χ0) is 13.1. The van der Waals surface area contributed by atoms with Crippen molar-refractivity contribution in [2.45, 2.75) is 19.8 Å². The number of rotatable bonds is 4. The molecule has 1 aromatic carbocycles. The van der Waals surface area contributed by atoms with Gasteiger partial charge in [0.15, 0.2) is 0 Å².